The first-order chi connectivity index (χ1) is 14.6. The van der Waals surface area contributed by atoms with Crippen molar-refractivity contribution in [3.8, 4) is 0 Å². The number of aromatic nitrogens is 3. The number of carbonyl (C=O) groups is 2. The van der Waals surface area contributed by atoms with E-state index in [9.17, 15) is 9.59 Å². The summed E-state index contributed by atoms with van der Waals surface area (Å²) in [7, 11) is 0. The zero-order valence-corrected chi connectivity index (χ0v) is 17.5. The number of carbonyl (C=O) groups excluding carboxylic acids is 2. The summed E-state index contributed by atoms with van der Waals surface area (Å²) in [6.45, 7) is 2.70. The molecule has 1 unspecified atom stereocenters. The fourth-order valence-electron chi connectivity index (χ4n) is 4.11. The third-order valence-electron chi connectivity index (χ3n) is 5.76. The predicted molar refractivity (Wildman–Crippen MR) is 114 cm³/mol. The van der Waals surface area contributed by atoms with E-state index in [0.29, 0.717) is 29.9 Å². The van der Waals surface area contributed by atoms with Gasteiger partial charge in [0.05, 0.1) is 10.9 Å². The van der Waals surface area contributed by atoms with Crippen LogP contribution in [0.2, 0.25) is 5.02 Å². The molecule has 4 heterocycles. The molecule has 2 fully saturated rings. The second-order valence-electron chi connectivity index (χ2n) is 7.78. The van der Waals surface area contributed by atoms with Gasteiger partial charge in [0.2, 0.25) is 17.8 Å². The van der Waals surface area contributed by atoms with Gasteiger partial charge in [-0.15, -0.1) is 0 Å². The van der Waals surface area contributed by atoms with Crippen LogP contribution in [0.1, 0.15) is 25.7 Å². The number of rotatable bonds is 4. The van der Waals surface area contributed by atoms with Crippen molar-refractivity contribution in [1.82, 2.24) is 19.9 Å². The molecule has 4 rings (SSSR count). The summed E-state index contributed by atoms with van der Waals surface area (Å²) in [6.07, 6.45) is 8.12. The molecule has 0 radical (unpaired) electrons. The molecule has 2 aromatic heterocycles. The maximum atomic E-state index is 13.1. The number of hydrogen-bond donors (Lipinski definition) is 1. The molecule has 2 aliphatic heterocycles. The Morgan fingerprint density at radius 1 is 1.00 bits per heavy atom. The van der Waals surface area contributed by atoms with Crippen LogP contribution >= 0.6 is 11.6 Å². The molecule has 1 atom stereocenters. The molecular weight excluding hydrogens is 404 g/mol. The molecule has 2 saturated heterocycles. The summed E-state index contributed by atoms with van der Waals surface area (Å²) in [4.78, 5) is 42.4. The minimum atomic E-state index is -0.224. The Kier molecular flexibility index (Phi) is 6.42. The molecule has 2 aromatic rings. The van der Waals surface area contributed by atoms with Crippen molar-refractivity contribution in [2.75, 3.05) is 36.4 Å². The third-order valence-corrected chi connectivity index (χ3v) is 5.99. The number of nitrogens with zero attached hydrogens (tertiary/aromatic N) is 5. The van der Waals surface area contributed by atoms with Crippen LogP contribution in [0.3, 0.4) is 0 Å². The smallest absolute Gasteiger partial charge is 0.230 e. The van der Waals surface area contributed by atoms with E-state index < -0.39 is 0 Å². The highest BCUT2D eigenvalue weighted by atomic mass is 35.5. The van der Waals surface area contributed by atoms with Gasteiger partial charge in [0.1, 0.15) is 5.82 Å². The Morgan fingerprint density at radius 2 is 1.77 bits per heavy atom. The van der Waals surface area contributed by atoms with Crippen LogP contribution in [-0.2, 0) is 9.59 Å². The average molecular weight is 429 g/mol. The SMILES string of the molecule is O=C(Nc1ccc(Cl)cn1)C1CCCN(C(=O)C2CCN(c3ncccn3)CC2)C1. The minimum Gasteiger partial charge on any atom is -0.342 e. The Hall–Kier alpha value is -2.74. The fourth-order valence-corrected chi connectivity index (χ4v) is 4.22. The predicted octanol–water partition coefficient (Wildman–Crippen LogP) is 2.62. The molecule has 0 bridgehead atoms. The molecule has 158 valence electrons. The summed E-state index contributed by atoms with van der Waals surface area (Å²) >= 11 is 5.84. The maximum absolute atomic E-state index is 13.1. The van der Waals surface area contributed by atoms with Gasteiger partial charge in [-0.3, -0.25) is 9.59 Å². The maximum Gasteiger partial charge on any atom is 0.230 e. The van der Waals surface area contributed by atoms with Crippen LogP contribution in [0.15, 0.2) is 36.8 Å². The van der Waals surface area contributed by atoms with Gasteiger partial charge in [-0.05, 0) is 43.9 Å². The molecule has 30 heavy (non-hydrogen) atoms. The largest absolute Gasteiger partial charge is 0.342 e. The number of halogens is 1. The van der Waals surface area contributed by atoms with E-state index >= 15 is 0 Å². The van der Waals surface area contributed by atoms with E-state index in [4.69, 9.17) is 11.6 Å². The lowest BCUT2D eigenvalue weighted by atomic mass is 9.92. The lowest BCUT2D eigenvalue weighted by Crippen LogP contribution is -2.48. The second-order valence-corrected chi connectivity index (χ2v) is 8.22. The van der Waals surface area contributed by atoms with Crippen LogP contribution in [0, 0.1) is 11.8 Å². The highest BCUT2D eigenvalue weighted by molar-refractivity contribution is 6.30. The zero-order valence-electron chi connectivity index (χ0n) is 16.7. The number of anilines is 2. The van der Waals surface area contributed by atoms with Crippen molar-refractivity contribution < 1.29 is 9.59 Å². The van der Waals surface area contributed by atoms with Gasteiger partial charge in [-0.1, -0.05) is 11.6 Å². The molecular formula is C21H25ClN6O2. The van der Waals surface area contributed by atoms with Crippen LogP contribution in [-0.4, -0.2) is 57.8 Å². The number of nitrogens with one attached hydrogen (secondary N) is 1. The van der Waals surface area contributed by atoms with Crippen LogP contribution in [0.25, 0.3) is 0 Å². The number of piperidine rings is 2. The van der Waals surface area contributed by atoms with E-state index in [1.54, 1.807) is 30.6 Å². The third kappa shape index (κ3) is 4.87. The van der Waals surface area contributed by atoms with Crippen LogP contribution in [0.4, 0.5) is 11.8 Å². The van der Waals surface area contributed by atoms with Crippen LogP contribution in [0.5, 0.6) is 0 Å². The fraction of sp³-hybridized carbons (Fsp3) is 0.476. The minimum absolute atomic E-state index is 0.00953. The Labute approximate surface area is 180 Å². The lowest BCUT2D eigenvalue weighted by Gasteiger charge is -2.37. The van der Waals surface area contributed by atoms with Gasteiger partial charge in [0.15, 0.2) is 0 Å². The number of pyridine rings is 1. The zero-order chi connectivity index (χ0) is 20.9. The Morgan fingerprint density at radius 3 is 2.47 bits per heavy atom. The normalized spacial score (nSPS) is 20.1. The summed E-state index contributed by atoms with van der Waals surface area (Å²) in [5.74, 6) is 1.02. The molecule has 0 aromatic carbocycles. The quantitative estimate of drug-likeness (QED) is 0.804. The summed E-state index contributed by atoms with van der Waals surface area (Å²) < 4.78 is 0. The molecule has 8 nitrogen and oxygen atoms in total. The summed E-state index contributed by atoms with van der Waals surface area (Å²) in [6, 6.07) is 5.16. The highest BCUT2D eigenvalue weighted by Gasteiger charge is 2.33. The molecule has 2 amide bonds. The standard InChI is InChI=1S/C21H25ClN6O2/c22-17-4-5-18(25-13-17)26-19(29)16-3-1-10-28(14-16)20(30)15-6-11-27(12-7-15)21-23-8-2-9-24-21/h2,4-5,8-9,13,15-16H,1,3,6-7,10-12,14H2,(H,25,26,29). The first kappa shape index (κ1) is 20.5. The Bertz CT molecular complexity index is 871. The average Bonchev–Trinajstić information content (AvgIpc) is 2.81. The molecule has 0 aliphatic carbocycles. The molecule has 1 N–H and O–H groups in total. The van der Waals surface area contributed by atoms with Gasteiger partial charge in [0.25, 0.3) is 0 Å². The van der Waals surface area contributed by atoms with Crippen molar-refractivity contribution in [1.29, 1.82) is 0 Å². The lowest BCUT2D eigenvalue weighted by molar-refractivity contribution is -0.139. The van der Waals surface area contributed by atoms with Gasteiger partial charge in [-0.25, -0.2) is 15.0 Å². The number of amides is 2. The van der Waals surface area contributed by atoms with Crippen molar-refractivity contribution in [2.24, 2.45) is 11.8 Å². The van der Waals surface area contributed by atoms with Crippen molar-refractivity contribution in [2.45, 2.75) is 25.7 Å². The molecule has 0 spiro atoms. The topological polar surface area (TPSA) is 91.3 Å². The Balaban J connectivity index is 1.30. The van der Waals surface area contributed by atoms with E-state index in [1.807, 2.05) is 4.90 Å². The van der Waals surface area contributed by atoms with E-state index in [-0.39, 0.29) is 23.7 Å². The van der Waals surface area contributed by atoms with E-state index in [1.165, 1.54) is 6.20 Å². The summed E-state index contributed by atoms with van der Waals surface area (Å²) in [5.41, 5.74) is 0. The molecule has 0 saturated carbocycles. The first-order valence-corrected chi connectivity index (χ1v) is 10.7. The van der Waals surface area contributed by atoms with Crippen molar-refractivity contribution >= 4 is 35.2 Å². The first-order valence-electron chi connectivity index (χ1n) is 10.3. The second kappa shape index (κ2) is 9.38. The van der Waals surface area contributed by atoms with Gasteiger partial charge in [0, 0.05) is 50.7 Å². The highest BCUT2D eigenvalue weighted by Crippen LogP contribution is 2.25. The number of likely N-dealkylation sites (tertiary alicyclic amines) is 1. The van der Waals surface area contributed by atoms with Gasteiger partial charge in [-0.2, -0.15) is 0 Å². The van der Waals surface area contributed by atoms with Crippen molar-refractivity contribution in [3.63, 3.8) is 0 Å². The van der Waals surface area contributed by atoms with Gasteiger partial charge < -0.3 is 15.1 Å². The monoisotopic (exact) mass is 428 g/mol. The summed E-state index contributed by atoms with van der Waals surface area (Å²) in [5, 5.41) is 3.36. The van der Waals surface area contributed by atoms with Crippen LogP contribution < -0.4 is 10.2 Å². The molecule has 9 heteroatoms. The van der Waals surface area contributed by atoms with Gasteiger partial charge >= 0.3 is 0 Å². The molecule has 2 aliphatic rings. The van der Waals surface area contributed by atoms with E-state index in [0.717, 1.165) is 38.8 Å². The number of hydrogen-bond acceptors (Lipinski definition) is 6. The van der Waals surface area contributed by atoms with E-state index in [2.05, 4.69) is 25.2 Å². The van der Waals surface area contributed by atoms with Crippen molar-refractivity contribution in [3.05, 3.63) is 41.8 Å².